The molecule has 0 radical (unpaired) electrons. The van der Waals surface area contributed by atoms with Gasteiger partial charge in [-0.3, -0.25) is 4.79 Å². The third-order valence-corrected chi connectivity index (χ3v) is 37.4. The molecular weight excluding hydrogens is 1690 g/mol. The highest BCUT2D eigenvalue weighted by Gasteiger charge is 2.75. The SMILES string of the molecule is CCCCCCCCCCCC(CCCCCCCCCC)(CCCCCCCCCC)C(CCCCCCCCCC)(CCCCCCCCCC)C(CCCCCCCCCC)(CCCCCCCCCC)C(CCCCCCCCCC)(CCCCCCCCCC)C(CCCCCCCCCC)(CCCCCCCCCC)C(CCCCCCCCCC)(CCCCCCCCCC)C(=O)O. The Labute approximate surface area is 890 Å². The van der Waals surface area contributed by atoms with Gasteiger partial charge in [0.1, 0.15) is 0 Å². The minimum Gasteiger partial charge on any atom is -0.481 e. The highest BCUT2D eigenvalue weighted by Crippen LogP contribution is 2.81. The Morgan fingerprint density at radius 2 is 0.207 bits per heavy atom. The van der Waals surface area contributed by atoms with Crippen LogP contribution in [0.1, 0.15) is 848 Å². The van der Waals surface area contributed by atoms with Crippen LogP contribution in [0, 0.1) is 32.5 Å². The molecule has 0 saturated carbocycles. The van der Waals surface area contributed by atoms with Gasteiger partial charge in [-0.25, -0.2) is 0 Å². The third kappa shape index (κ3) is 67.7. The lowest BCUT2D eigenvalue weighted by Crippen LogP contribution is -2.69. The monoisotopic (exact) mass is 1970 g/mol. The van der Waals surface area contributed by atoms with Gasteiger partial charge in [0.2, 0.25) is 0 Å². The minimum absolute atomic E-state index is 0.0337. The van der Waals surface area contributed by atoms with Crippen molar-refractivity contribution in [3.63, 3.8) is 0 Å². The number of carboxylic acid groups (broad SMARTS) is 1. The number of carboxylic acids is 1. The fourth-order valence-corrected chi connectivity index (χ4v) is 29.0. The van der Waals surface area contributed by atoms with E-state index >= 15 is 4.79 Å². The lowest BCUT2D eigenvalue weighted by atomic mass is 9.28. The fraction of sp³-hybridized carbons (Fsp3) is 0.993. The molecule has 0 aliphatic heterocycles. The van der Waals surface area contributed by atoms with Gasteiger partial charge >= 0.3 is 5.97 Å². The largest absolute Gasteiger partial charge is 0.481 e. The van der Waals surface area contributed by atoms with Crippen LogP contribution in [0.25, 0.3) is 0 Å². The van der Waals surface area contributed by atoms with Gasteiger partial charge in [0.05, 0.1) is 5.41 Å². The zero-order valence-corrected chi connectivity index (χ0v) is 101. The Hall–Kier alpha value is -0.530. The molecule has 0 unspecified atom stereocenters. The van der Waals surface area contributed by atoms with Gasteiger partial charge in [0.15, 0.2) is 0 Å². The fourth-order valence-electron chi connectivity index (χ4n) is 29.0. The van der Waals surface area contributed by atoms with Crippen molar-refractivity contribution >= 4 is 5.97 Å². The molecule has 0 aliphatic rings. The molecule has 0 aliphatic carbocycles. The molecule has 0 spiro atoms. The Balaban J connectivity index is 12.7. The van der Waals surface area contributed by atoms with Crippen LogP contribution in [0.5, 0.6) is 0 Å². The maximum absolute atomic E-state index is 18.2. The van der Waals surface area contributed by atoms with E-state index in [4.69, 9.17) is 0 Å². The first kappa shape index (κ1) is 139. The van der Waals surface area contributed by atoms with Crippen molar-refractivity contribution in [3.8, 4) is 0 Å². The van der Waals surface area contributed by atoms with E-state index in [2.05, 4.69) is 90.0 Å². The molecule has 0 bridgehead atoms. The molecule has 840 valence electrons. The molecule has 0 rings (SSSR count). The van der Waals surface area contributed by atoms with E-state index in [1.54, 1.807) is 0 Å². The summed E-state index contributed by atoms with van der Waals surface area (Å²) in [7, 11) is 0. The number of rotatable bonds is 124. The Morgan fingerprint density at radius 1 is 0.114 bits per heavy atom. The minimum atomic E-state index is -0.804. The van der Waals surface area contributed by atoms with Crippen LogP contribution in [-0.2, 0) is 4.79 Å². The molecule has 140 heavy (non-hydrogen) atoms. The predicted octanol–water partition coefficient (Wildman–Crippen LogP) is 52.3. The molecule has 0 aromatic rings. The molecule has 0 amide bonds. The van der Waals surface area contributed by atoms with Gasteiger partial charge in [-0.2, -0.15) is 0 Å². The van der Waals surface area contributed by atoms with E-state index in [9.17, 15) is 5.11 Å². The first-order valence-corrected chi connectivity index (χ1v) is 68.2. The quantitative estimate of drug-likeness (QED) is 0.0616. The number of hydrogen-bond acceptors (Lipinski definition) is 1. The summed E-state index contributed by atoms with van der Waals surface area (Å²) >= 11 is 0. The van der Waals surface area contributed by atoms with Crippen LogP contribution in [0.4, 0.5) is 0 Å². The zero-order chi connectivity index (χ0) is 102. The van der Waals surface area contributed by atoms with Crippen LogP contribution < -0.4 is 0 Å². The maximum Gasteiger partial charge on any atom is 0.310 e. The average Bonchev–Trinajstić information content (AvgIpc) is 0.665. The topological polar surface area (TPSA) is 37.3 Å². The summed E-state index contributed by atoms with van der Waals surface area (Å²) in [5, 5.41) is 15.0. The summed E-state index contributed by atoms with van der Waals surface area (Å²) < 4.78 is 0. The summed E-state index contributed by atoms with van der Waals surface area (Å²) in [5.74, 6) is -0.234. The van der Waals surface area contributed by atoms with Gasteiger partial charge in [0, 0.05) is 0 Å². The van der Waals surface area contributed by atoms with E-state index in [1.807, 2.05) is 0 Å². The van der Waals surface area contributed by atoms with Crippen molar-refractivity contribution < 1.29 is 9.90 Å². The molecule has 0 fully saturated rings. The maximum atomic E-state index is 18.2. The summed E-state index contributed by atoms with van der Waals surface area (Å²) in [6.07, 6.45) is 162. The van der Waals surface area contributed by atoms with E-state index in [1.165, 1.54) is 732 Å². The van der Waals surface area contributed by atoms with E-state index in [0.717, 1.165) is 25.7 Å². The summed E-state index contributed by atoms with van der Waals surface area (Å²) in [5.41, 5.74) is -1.10. The number of carbonyl (C=O) groups is 1. The molecule has 0 aromatic carbocycles. The Bertz CT molecular complexity index is 2220. The molecule has 2 nitrogen and oxygen atoms in total. The number of unbranched alkanes of at least 4 members (excludes halogenated alkanes) is 92. The van der Waals surface area contributed by atoms with Gasteiger partial charge in [-0.1, -0.05) is 764 Å². The predicted molar refractivity (Wildman–Crippen MR) is 641 cm³/mol. The molecular formula is C138H276O2. The summed E-state index contributed by atoms with van der Waals surface area (Å²) in [6.45, 7) is 31.8. The van der Waals surface area contributed by atoms with Crippen LogP contribution in [-0.4, -0.2) is 11.1 Å². The Kier molecular flexibility index (Phi) is 106. The standard InChI is InChI=1S/C138H276O2/c1-14-27-40-53-66-79-82-95-108-121-133(119-106-93-80-67-54-41-28-15-2,120-107-94-81-68-55-42-29-16-3)135(124-111-98-85-71-58-45-32-19-6,125-112-99-86-72-59-46-33-20-7)137(128-115-102-89-75-62-49-36-23-10,129-116-103-90-76-63-50-37-24-11)138(130-117-104-91-77-64-51-38-25-12,131-118-105-92-78-65-52-39-26-13)136(126-113-100-87-73-60-47-34-21-8,127-114-101-88-74-61-48-35-22-9)134(132(139)140,122-109-96-83-69-56-43-30-17-4)123-110-97-84-70-57-44-31-18-5/h14-131H2,1-13H3,(H,139,140). The van der Waals surface area contributed by atoms with Crippen LogP contribution in [0.15, 0.2) is 0 Å². The summed E-state index contributed by atoms with van der Waals surface area (Å²) in [4.78, 5) is 18.2. The van der Waals surface area contributed by atoms with Gasteiger partial charge < -0.3 is 5.11 Å². The normalized spacial score (nSPS) is 12.6. The average molecular weight is 1970 g/mol. The molecule has 0 heterocycles. The molecule has 2 heteroatoms. The van der Waals surface area contributed by atoms with Crippen molar-refractivity contribution in [2.45, 2.75) is 848 Å². The van der Waals surface area contributed by atoms with Gasteiger partial charge in [0.25, 0.3) is 0 Å². The Morgan fingerprint density at radius 3 is 0.336 bits per heavy atom. The molecule has 0 aromatic heterocycles. The lowest BCUT2D eigenvalue weighted by Gasteiger charge is -2.75. The van der Waals surface area contributed by atoms with Crippen LogP contribution in [0.3, 0.4) is 0 Å². The summed E-state index contributed by atoms with van der Waals surface area (Å²) in [6, 6.07) is 0. The smallest absolute Gasteiger partial charge is 0.310 e. The second-order valence-electron chi connectivity index (χ2n) is 49.3. The molecule has 0 atom stereocenters. The zero-order valence-electron chi connectivity index (χ0n) is 101. The van der Waals surface area contributed by atoms with Crippen molar-refractivity contribution in [2.75, 3.05) is 0 Å². The highest BCUT2D eigenvalue weighted by molar-refractivity contribution is 5.76. The lowest BCUT2D eigenvalue weighted by molar-refractivity contribution is -0.273. The van der Waals surface area contributed by atoms with Crippen molar-refractivity contribution in [2.24, 2.45) is 32.5 Å². The third-order valence-electron chi connectivity index (χ3n) is 37.4. The van der Waals surface area contributed by atoms with Crippen molar-refractivity contribution in [1.29, 1.82) is 0 Å². The number of aliphatic carboxylic acids is 1. The van der Waals surface area contributed by atoms with E-state index in [0.29, 0.717) is 0 Å². The van der Waals surface area contributed by atoms with Crippen molar-refractivity contribution in [1.82, 2.24) is 0 Å². The van der Waals surface area contributed by atoms with Crippen LogP contribution in [0.2, 0.25) is 0 Å². The van der Waals surface area contributed by atoms with Gasteiger partial charge in [-0.05, 0) is 111 Å². The molecule has 0 saturated heterocycles. The molecule has 1 N–H and O–H groups in total. The first-order chi connectivity index (χ1) is 69.0. The van der Waals surface area contributed by atoms with Gasteiger partial charge in [-0.15, -0.1) is 0 Å². The second kappa shape index (κ2) is 107. The second-order valence-corrected chi connectivity index (χ2v) is 49.3. The van der Waals surface area contributed by atoms with E-state index < -0.39 is 5.41 Å². The number of hydrogen-bond donors (Lipinski definition) is 1. The van der Waals surface area contributed by atoms with E-state index in [-0.39, 0.29) is 33.0 Å². The highest BCUT2D eigenvalue weighted by atomic mass is 16.4. The van der Waals surface area contributed by atoms with Crippen molar-refractivity contribution in [3.05, 3.63) is 0 Å². The first-order valence-electron chi connectivity index (χ1n) is 68.2. The van der Waals surface area contributed by atoms with Crippen LogP contribution >= 0.6 is 0 Å².